The van der Waals surface area contributed by atoms with E-state index in [-0.39, 0.29) is 0 Å². The Bertz CT molecular complexity index is 8460. The second-order valence-electron chi connectivity index (χ2n) is 34.0. The lowest BCUT2D eigenvalue weighted by molar-refractivity contribution is 0.398. The minimum absolute atomic E-state index is 0.554. The molecule has 0 radical (unpaired) electrons. The van der Waals surface area contributed by atoms with Crippen LogP contribution in [0.4, 0.5) is 0 Å². The van der Waals surface area contributed by atoms with Crippen LogP contribution in [0.25, 0.3) is 234 Å². The molecule has 0 saturated heterocycles. The average molecular weight is 1760 g/mol. The van der Waals surface area contributed by atoms with E-state index in [0.717, 1.165) is 128 Å². The zero-order chi connectivity index (χ0) is 92.1. The fourth-order valence-electron chi connectivity index (χ4n) is 18.2. The summed E-state index contributed by atoms with van der Waals surface area (Å²) in [5.41, 5.74) is 24.0. The molecule has 0 atom stereocenters. The van der Waals surface area contributed by atoms with Gasteiger partial charge in [-0.15, -0.1) is 0 Å². The number of methoxy groups -OCH3 is 1. The molecule has 0 spiro atoms. The molecule has 0 amide bonds. The number of rotatable bonds is 16. The normalized spacial score (nSPS) is 11.2. The Morgan fingerprint density at radius 1 is 0.161 bits per heavy atom. The predicted molar refractivity (Wildman–Crippen MR) is 560 cm³/mol. The topological polar surface area (TPSA) is 164 Å². The summed E-state index contributed by atoms with van der Waals surface area (Å²) in [6.07, 6.45) is 1.94. The van der Waals surface area contributed by atoms with Crippen molar-refractivity contribution in [2.75, 3.05) is 7.11 Å². The lowest BCUT2D eigenvalue weighted by Crippen LogP contribution is -2.00. The minimum atomic E-state index is 0.554. The first-order chi connectivity index (χ1) is 67.5. The summed E-state index contributed by atoms with van der Waals surface area (Å²) in [7, 11) is 1.64. The van der Waals surface area contributed by atoms with E-state index in [1.54, 1.807) is 7.11 Å². The van der Waals surface area contributed by atoms with Gasteiger partial charge in [-0.2, -0.15) is 0 Å². The van der Waals surface area contributed by atoms with Crippen LogP contribution in [0.3, 0.4) is 0 Å². The van der Waals surface area contributed by atoms with Crippen molar-refractivity contribution in [3.8, 4) is 175 Å². The van der Waals surface area contributed by atoms with Crippen LogP contribution in [0.1, 0.15) is 17.1 Å². The van der Waals surface area contributed by atoms with Crippen molar-refractivity contribution < 1.29 is 4.74 Å². The number of aromatic nitrogens is 12. The number of pyridine rings is 3. The molecule has 0 aliphatic rings. The van der Waals surface area contributed by atoms with E-state index >= 15 is 0 Å². The maximum Gasteiger partial charge on any atom is 0.213 e. The first-order valence-corrected chi connectivity index (χ1v) is 45.7. The van der Waals surface area contributed by atoms with Gasteiger partial charge >= 0.3 is 0 Å². The third kappa shape index (κ3) is 17.8. The predicted octanol–water partition coefficient (Wildman–Crippen LogP) is 30.7. The van der Waals surface area contributed by atoms with E-state index in [4.69, 9.17) is 54.6 Å². The second-order valence-corrected chi connectivity index (χ2v) is 34.0. The highest BCUT2D eigenvalue weighted by molar-refractivity contribution is 6.17. The first-order valence-electron chi connectivity index (χ1n) is 45.7. The van der Waals surface area contributed by atoms with Gasteiger partial charge in [0.1, 0.15) is 0 Å². The second kappa shape index (κ2) is 37.6. The van der Waals surface area contributed by atoms with Crippen LogP contribution in [0.15, 0.2) is 449 Å². The molecule has 13 heteroatoms. The van der Waals surface area contributed by atoms with Gasteiger partial charge in [0.25, 0.3) is 0 Å². The van der Waals surface area contributed by atoms with Crippen LogP contribution in [0.5, 0.6) is 5.88 Å². The molecule has 0 aliphatic heterocycles. The molecule has 18 aromatic carbocycles. The van der Waals surface area contributed by atoms with Crippen molar-refractivity contribution >= 4 is 64.6 Å². The van der Waals surface area contributed by atoms with E-state index in [1.807, 2.05) is 227 Å². The molecule has 0 bridgehead atoms. The molecule has 0 fully saturated rings. The molecule has 0 N–H and O–H groups in total. The number of ether oxygens (including phenoxy) is 1. The number of benzene rings is 18. The van der Waals surface area contributed by atoms with Crippen LogP contribution < -0.4 is 4.74 Å². The summed E-state index contributed by atoms with van der Waals surface area (Å²) in [4.78, 5) is 59.2. The fourth-order valence-corrected chi connectivity index (χ4v) is 18.2. The van der Waals surface area contributed by atoms with Crippen molar-refractivity contribution in [2.24, 2.45) is 0 Å². The lowest BCUT2D eigenvalue weighted by atomic mass is 9.90. The van der Waals surface area contributed by atoms with Crippen molar-refractivity contribution in [2.45, 2.75) is 20.8 Å². The molecule has 0 unspecified atom stereocenters. The Balaban J connectivity index is 0.000000119. The van der Waals surface area contributed by atoms with Gasteiger partial charge in [-0.3, -0.25) is 9.97 Å². The largest absolute Gasteiger partial charge is 0.481 e. The van der Waals surface area contributed by atoms with Crippen LogP contribution in [-0.4, -0.2) is 66.9 Å². The molecule has 0 aliphatic carbocycles. The Morgan fingerprint density at radius 3 is 0.730 bits per heavy atom. The van der Waals surface area contributed by atoms with E-state index in [0.29, 0.717) is 58.3 Å². The third-order valence-electron chi connectivity index (χ3n) is 24.8. The molecule has 24 aromatic rings. The van der Waals surface area contributed by atoms with Crippen molar-refractivity contribution in [3.05, 3.63) is 466 Å². The summed E-state index contributed by atoms with van der Waals surface area (Å²) >= 11 is 0. The van der Waals surface area contributed by atoms with E-state index < -0.39 is 0 Å². The highest BCUT2D eigenvalue weighted by Crippen LogP contribution is 2.45. The number of aryl methyl sites for hydroxylation is 3. The Hall–Kier alpha value is -18.2. The Kier molecular flexibility index (Phi) is 23.1. The number of fused-ring (bicyclic) bond motifs is 9. The van der Waals surface area contributed by atoms with Gasteiger partial charge in [0.15, 0.2) is 52.4 Å². The summed E-state index contributed by atoms with van der Waals surface area (Å²) < 4.78 is 5.50. The lowest BCUT2D eigenvalue weighted by Gasteiger charge is -2.15. The zero-order valence-electron chi connectivity index (χ0n) is 75.5. The molecule has 648 valence electrons. The standard InChI is InChI=1S/C42H30N4.C41H28N4O.C41H28N4/c1-27-21-32(22-28(2)43-27)33-23-34(39-26-31-17-9-10-18-36(31)37-19-11-12-20-38(37)39)25-35(24-33)42-45-40(29-13-5-3-6-14-29)44-41(46-42)30-15-7-4-8-16-30;1-46-38-22-12-21-37(42-38)31-23-30(36-26-29-17-8-9-18-33(29)34-19-10-11-20-35(34)36)24-32(25-31)41-44-39(27-13-4-2-5-14-27)43-40(45-41)28-15-6-3-7-16-28;1-27-20-21-31(26-42-27)32-22-33(38-25-30-16-8-9-17-35(30)36-18-10-11-19-37(36)38)24-34(23-32)41-44-39(28-12-4-2-5-13-28)43-40(45-41)29-14-6-3-7-15-29/h3-26H,1-2H3;2-26H,1H3;2-26H,1H3. The van der Waals surface area contributed by atoms with Gasteiger partial charge in [-0.05, 0) is 233 Å². The van der Waals surface area contributed by atoms with Crippen molar-refractivity contribution in [1.82, 2.24) is 59.8 Å². The molecular formula is C124H86N12O. The van der Waals surface area contributed by atoms with Gasteiger partial charge in [-0.1, -0.05) is 340 Å². The monoisotopic (exact) mass is 1760 g/mol. The van der Waals surface area contributed by atoms with Crippen LogP contribution >= 0.6 is 0 Å². The highest BCUT2D eigenvalue weighted by Gasteiger charge is 2.23. The zero-order valence-corrected chi connectivity index (χ0v) is 75.5. The smallest absolute Gasteiger partial charge is 0.213 e. The maximum atomic E-state index is 5.50. The van der Waals surface area contributed by atoms with Gasteiger partial charge in [0.2, 0.25) is 5.88 Å². The SMILES string of the molecule is COc1cccc(-c2cc(-c3nc(-c4ccccc4)nc(-c4ccccc4)n3)cc(-c3cc4ccccc4c4ccccc34)c2)n1.Cc1cc(-c2cc(-c3nc(-c4ccccc4)nc(-c4ccccc4)n3)cc(-c3cc4ccccc4c4ccccc34)c2)cc(C)n1.Cc1ccc(-c2cc(-c3nc(-c4ccccc4)nc(-c4ccccc4)n3)cc(-c3cc4ccccc4c4ccccc34)c2)cn1. The van der Waals surface area contributed by atoms with Gasteiger partial charge in [0, 0.05) is 90.5 Å². The quantitative estimate of drug-likeness (QED) is 0.0840. The van der Waals surface area contributed by atoms with E-state index in [1.165, 1.54) is 70.2 Å². The maximum absolute atomic E-state index is 5.50. The Morgan fingerprint density at radius 2 is 0.416 bits per heavy atom. The minimum Gasteiger partial charge on any atom is -0.481 e. The molecule has 6 aromatic heterocycles. The van der Waals surface area contributed by atoms with E-state index in [2.05, 4.69) is 253 Å². The van der Waals surface area contributed by atoms with E-state index in [9.17, 15) is 0 Å². The Labute approximate surface area is 793 Å². The summed E-state index contributed by atoms with van der Waals surface area (Å²) in [6.45, 7) is 6.10. The molecular weight excluding hydrogens is 1670 g/mol. The number of nitrogens with zero attached hydrogens (tertiary/aromatic N) is 12. The number of hydrogen-bond donors (Lipinski definition) is 0. The number of hydrogen-bond acceptors (Lipinski definition) is 13. The van der Waals surface area contributed by atoms with Gasteiger partial charge in [-0.25, -0.2) is 49.8 Å². The molecule has 137 heavy (non-hydrogen) atoms. The fraction of sp³-hybridized carbons (Fsp3) is 0.0323. The van der Waals surface area contributed by atoms with Crippen LogP contribution in [0, 0.1) is 20.8 Å². The highest BCUT2D eigenvalue weighted by atomic mass is 16.5. The van der Waals surface area contributed by atoms with Crippen LogP contribution in [0.2, 0.25) is 0 Å². The van der Waals surface area contributed by atoms with Gasteiger partial charge in [0.05, 0.1) is 12.8 Å². The molecule has 6 heterocycles. The molecule has 24 rings (SSSR count). The van der Waals surface area contributed by atoms with Crippen molar-refractivity contribution in [1.29, 1.82) is 0 Å². The average Bonchev–Trinajstić information content (AvgIpc) is 0.758. The summed E-state index contributed by atoms with van der Waals surface area (Å²) in [6, 6.07) is 153. The molecule has 0 saturated carbocycles. The molecule has 13 nitrogen and oxygen atoms in total. The first kappa shape index (κ1) is 84.4. The summed E-state index contributed by atoms with van der Waals surface area (Å²) in [5.74, 6) is 6.19. The van der Waals surface area contributed by atoms with Crippen LogP contribution in [-0.2, 0) is 0 Å². The summed E-state index contributed by atoms with van der Waals surface area (Å²) in [5, 5.41) is 14.6. The van der Waals surface area contributed by atoms with Crippen molar-refractivity contribution in [3.63, 3.8) is 0 Å². The van der Waals surface area contributed by atoms with Gasteiger partial charge < -0.3 is 4.74 Å². The third-order valence-corrected chi connectivity index (χ3v) is 24.8.